The molecule has 0 heteroatoms. The summed E-state index contributed by atoms with van der Waals surface area (Å²) in [6.45, 7) is 15.2. The molecule has 0 aromatic rings. The SMILES string of the molecule is CCC(C)(C)C1(C(C)(C)C)C2CC3CC(C2)CC1C3. The van der Waals surface area contributed by atoms with Gasteiger partial charge in [-0.3, -0.25) is 0 Å². The third-order valence-corrected chi connectivity index (χ3v) is 7.67. The molecule has 4 bridgehead atoms. The van der Waals surface area contributed by atoms with Crippen molar-refractivity contribution in [3.8, 4) is 0 Å². The first-order chi connectivity index (χ1) is 8.72. The predicted molar refractivity (Wildman–Crippen MR) is 83.0 cm³/mol. The molecule has 0 nitrogen and oxygen atoms in total. The van der Waals surface area contributed by atoms with Crippen LogP contribution >= 0.6 is 0 Å². The molecule has 0 unspecified atom stereocenters. The molecule has 4 aliphatic rings. The summed E-state index contributed by atoms with van der Waals surface area (Å²) in [6, 6.07) is 0. The molecule has 0 heterocycles. The zero-order valence-corrected chi connectivity index (χ0v) is 14.1. The lowest BCUT2D eigenvalue weighted by molar-refractivity contribution is -0.225. The average molecular weight is 262 g/mol. The maximum Gasteiger partial charge on any atom is -0.0141 e. The van der Waals surface area contributed by atoms with E-state index in [1.165, 1.54) is 6.42 Å². The summed E-state index contributed by atoms with van der Waals surface area (Å²) in [7, 11) is 0. The van der Waals surface area contributed by atoms with Crippen LogP contribution in [0.4, 0.5) is 0 Å². The van der Waals surface area contributed by atoms with Crippen molar-refractivity contribution in [3.05, 3.63) is 0 Å². The summed E-state index contributed by atoms with van der Waals surface area (Å²) in [5.74, 6) is 4.20. The molecule has 19 heavy (non-hydrogen) atoms. The highest BCUT2D eigenvalue weighted by Gasteiger charge is 2.66. The molecule has 0 N–H and O–H groups in total. The van der Waals surface area contributed by atoms with Gasteiger partial charge >= 0.3 is 0 Å². The van der Waals surface area contributed by atoms with Crippen LogP contribution in [-0.2, 0) is 0 Å². The van der Waals surface area contributed by atoms with E-state index in [4.69, 9.17) is 0 Å². The standard InChI is InChI=1S/C19H34/c1-7-18(5,6)19(17(2,3)4)15-9-13-8-14(11-15)12-16(19)10-13/h13-16H,7-12H2,1-6H3. The van der Waals surface area contributed by atoms with Crippen molar-refractivity contribution < 1.29 is 0 Å². The second kappa shape index (κ2) is 4.01. The second-order valence-electron chi connectivity index (χ2n) is 9.66. The first kappa shape index (κ1) is 14.0. The van der Waals surface area contributed by atoms with Crippen molar-refractivity contribution in [2.75, 3.05) is 0 Å². The predicted octanol–water partition coefficient (Wildman–Crippen LogP) is 5.91. The molecular formula is C19H34. The van der Waals surface area contributed by atoms with Crippen LogP contribution < -0.4 is 0 Å². The number of hydrogen-bond acceptors (Lipinski definition) is 0. The second-order valence-corrected chi connectivity index (χ2v) is 9.66. The van der Waals surface area contributed by atoms with Gasteiger partial charge < -0.3 is 0 Å². The number of rotatable bonds is 2. The minimum Gasteiger partial charge on any atom is -0.0649 e. The van der Waals surface area contributed by atoms with Crippen LogP contribution in [0, 0.1) is 39.9 Å². The Bertz CT molecular complexity index is 327. The molecule has 0 radical (unpaired) electrons. The third kappa shape index (κ3) is 1.64. The summed E-state index contributed by atoms with van der Waals surface area (Å²) < 4.78 is 0. The van der Waals surface area contributed by atoms with E-state index in [0.29, 0.717) is 16.2 Å². The van der Waals surface area contributed by atoms with E-state index in [2.05, 4.69) is 41.5 Å². The lowest BCUT2D eigenvalue weighted by atomic mass is 9.33. The fraction of sp³-hybridized carbons (Fsp3) is 1.00. The maximum atomic E-state index is 2.58. The van der Waals surface area contributed by atoms with Crippen LogP contribution in [0.5, 0.6) is 0 Å². The first-order valence-electron chi connectivity index (χ1n) is 8.72. The molecule has 4 rings (SSSR count). The fourth-order valence-corrected chi connectivity index (χ4v) is 7.57. The Morgan fingerprint density at radius 1 is 0.789 bits per heavy atom. The third-order valence-electron chi connectivity index (χ3n) is 7.67. The van der Waals surface area contributed by atoms with E-state index in [-0.39, 0.29) is 0 Å². The molecular weight excluding hydrogens is 228 g/mol. The molecule has 0 aromatic heterocycles. The number of hydrogen-bond donors (Lipinski definition) is 0. The van der Waals surface area contributed by atoms with E-state index < -0.39 is 0 Å². The molecule has 4 aliphatic carbocycles. The lowest BCUT2D eigenvalue weighted by Gasteiger charge is -2.71. The average Bonchev–Trinajstić information content (AvgIpc) is 2.25. The molecule has 0 spiro atoms. The van der Waals surface area contributed by atoms with Gasteiger partial charge in [0.15, 0.2) is 0 Å². The van der Waals surface area contributed by atoms with Gasteiger partial charge in [0, 0.05) is 0 Å². The first-order valence-corrected chi connectivity index (χ1v) is 8.72. The van der Waals surface area contributed by atoms with Crippen molar-refractivity contribution in [2.45, 2.75) is 80.1 Å². The molecule has 0 atom stereocenters. The normalized spacial score (nSPS) is 45.8. The van der Waals surface area contributed by atoms with E-state index >= 15 is 0 Å². The highest BCUT2D eigenvalue weighted by molar-refractivity contribution is 5.14. The van der Waals surface area contributed by atoms with E-state index in [1.807, 2.05) is 0 Å². The summed E-state index contributed by atoms with van der Waals surface area (Å²) in [4.78, 5) is 0. The van der Waals surface area contributed by atoms with Gasteiger partial charge in [-0.15, -0.1) is 0 Å². The zero-order chi connectivity index (χ0) is 14.1. The summed E-state index contributed by atoms with van der Waals surface area (Å²) in [5.41, 5.74) is 1.53. The molecule has 0 amide bonds. The largest absolute Gasteiger partial charge is 0.0649 e. The van der Waals surface area contributed by atoms with Gasteiger partial charge in [0.1, 0.15) is 0 Å². The molecule has 0 saturated heterocycles. The van der Waals surface area contributed by atoms with Crippen molar-refractivity contribution in [1.29, 1.82) is 0 Å². The monoisotopic (exact) mass is 262 g/mol. The Kier molecular flexibility index (Phi) is 2.95. The van der Waals surface area contributed by atoms with Crippen molar-refractivity contribution in [1.82, 2.24) is 0 Å². The van der Waals surface area contributed by atoms with Gasteiger partial charge in [-0.1, -0.05) is 48.0 Å². The van der Waals surface area contributed by atoms with Crippen LogP contribution in [0.15, 0.2) is 0 Å². The zero-order valence-electron chi connectivity index (χ0n) is 14.1. The minimum absolute atomic E-state index is 0.453. The maximum absolute atomic E-state index is 2.58. The Hall–Kier alpha value is 0. The van der Waals surface area contributed by atoms with Gasteiger partial charge in [0.25, 0.3) is 0 Å². The Labute approximate surface area is 120 Å². The summed E-state index contributed by atoms with van der Waals surface area (Å²) >= 11 is 0. The van der Waals surface area contributed by atoms with Gasteiger partial charge in [-0.05, 0) is 72.0 Å². The topological polar surface area (TPSA) is 0 Å². The molecule has 0 aromatic carbocycles. The van der Waals surface area contributed by atoms with Gasteiger partial charge in [-0.2, -0.15) is 0 Å². The molecule has 4 saturated carbocycles. The van der Waals surface area contributed by atoms with Crippen LogP contribution in [0.2, 0.25) is 0 Å². The van der Waals surface area contributed by atoms with Crippen LogP contribution in [0.1, 0.15) is 80.1 Å². The quantitative estimate of drug-likeness (QED) is 0.580. The fourth-order valence-electron chi connectivity index (χ4n) is 7.57. The smallest absolute Gasteiger partial charge is 0.0141 e. The van der Waals surface area contributed by atoms with Crippen molar-refractivity contribution in [3.63, 3.8) is 0 Å². The Balaban J connectivity index is 2.11. The van der Waals surface area contributed by atoms with Crippen molar-refractivity contribution >= 4 is 0 Å². The minimum atomic E-state index is 0.453. The van der Waals surface area contributed by atoms with E-state index in [1.54, 1.807) is 32.1 Å². The molecule has 110 valence electrons. The van der Waals surface area contributed by atoms with Crippen LogP contribution in [-0.4, -0.2) is 0 Å². The van der Waals surface area contributed by atoms with Crippen LogP contribution in [0.25, 0.3) is 0 Å². The van der Waals surface area contributed by atoms with Gasteiger partial charge in [0.05, 0.1) is 0 Å². The summed E-state index contributed by atoms with van der Waals surface area (Å²) in [6.07, 6.45) is 9.11. The molecule has 0 aliphatic heterocycles. The van der Waals surface area contributed by atoms with E-state index in [0.717, 1.165) is 23.7 Å². The van der Waals surface area contributed by atoms with Gasteiger partial charge in [-0.25, -0.2) is 0 Å². The van der Waals surface area contributed by atoms with Crippen LogP contribution in [0.3, 0.4) is 0 Å². The van der Waals surface area contributed by atoms with E-state index in [9.17, 15) is 0 Å². The summed E-state index contributed by atoms with van der Waals surface area (Å²) in [5, 5.41) is 0. The highest BCUT2D eigenvalue weighted by Crippen LogP contribution is 2.73. The van der Waals surface area contributed by atoms with Crippen molar-refractivity contribution in [2.24, 2.45) is 39.9 Å². The Morgan fingerprint density at radius 2 is 1.21 bits per heavy atom. The highest BCUT2D eigenvalue weighted by atomic mass is 14.7. The molecule has 4 fully saturated rings. The lowest BCUT2D eigenvalue weighted by Crippen LogP contribution is -2.64. The van der Waals surface area contributed by atoms with Gasteiger partial charge in [0.2, 0.25) is 0 Å². The Morgan fingerprint density at radius 3 is 1.53 bits per heavy atom.